The molecular formula is C18H23NO4. The van der Waals surface area contributed by atoms with Crippen LogP contribution in [0.1, 0.15) is 38.2 Å². The SMILES string of the molecule is CC1(c2ccccc2OCC2CCN(C(=O)CC(=O)O)C2)CC1. The third-order valence-corrected chi connectivity index (χ3v) is 4.95. The van der Waals surface area contributed by atoms with Crippen LogP contribution >= 0.6 is 0 Å². The molecule has 0 bridgehead atoms. The quantitative estimate of drug-likeness (QED) is 0.818. The van der Waals surface area contributed by atoms with Crippen molar-refractivity contribution in [1.29, 1.82) is 0 Å². The highest BCUT2D eigenvalue weighted by atomic mass is 16.5. The number of carbonyl (C=O) groups is 2. The number of carboxylic acid groups (broad SMARTS) is 1. The number of amides is 1. The minimum absolute atomic E-state index is 0.260. The van der Waals surface area contributed by atoms with Crippen molar-refractivity contribution in [3.8, 4) is 5.75 Å². The maximum Gasteiger partial charge on any atom is 0.312 e. The summed E-state index contributed by atoms with van der Waals surface area (Å²) in [7, 11) is 0. The lowest BCUT2D eigenvalue weighted by molar-refractivity contribution is -0.143. The van der Waals surface area contributed by atoms with Gasteiger partial charge in [0, 0.05) is 24.6 Å². The molecule has 1 heterocycles. The van der Waals surface area contributed by atoms with Crippen molar-refractivity contribution in [2.75, 3.05) is 19.7 Å². The van der Waals surface area contributed by atoms with Crippen molar-refractivity contribution in [3.05, 3.63) is 29.8 Å². The van der Waals surface area contributed by atoms with E-state index in [0.717, 1.165) is 12.2 Å². The Hall–Kier alpha value is -2.04. The van der Waals surface area contributed by atoms with Gasteiger partial charge in [0.25, 0.3) is 0 Å². The lowest BCUT2D eigenvalue weighted by Gasteiger charge is -2.19. The third kappa shape index (κ3) is 3.66. The average molecular weight is 317 g/mol. The van der Waals surface area contributed by atoms with E-state index < -0.39 is 12.4 Å². The van der Waals surface area contributed by atoms with Crippen molar-refractivity contribution in [1.82, 2.24) is 4.90 Å². The highest BCUT2D eigenvalue weighted by Crippen LogP contribution is 2.50. The maximum atomic E-state index is 11.8. The van der Waals surface area contributed by atoms with Gasteiger partial charge in [-0.15, -0.1) is 0 Å². The summed E-state index contributed by atoms with van der Waals surface area (Å²) < 4.78 is 6.04. The number of benzene rings is 1. The second-order valence-electron chi connectivity index (χ2n) is 6.93. The lowest BCUT2D eigenvalue weighted by atomic mass is 9.97. The van der Waals surface area contributed by atoms with Crippen molar-refractivity contribution in [2.24, 2.45) is 5.92 Å². The van der Waals surface area contributed by atoms with Gasteiger partial charge >= 0.3 is 5.97 Å². The number of nitrogens with zero attached hydrogens (tertiary/aromatic N) is 1. The molecular weight excluding hydrogens is 294 g/mol. The number of para-hydroxylation sites is 1. The zero-order chi connectivity index (χ0) is 16.4. The average Bonchev–Trinajstić information content (AvgIpc) is 3.09. The summed E-state index contributed by atoms with van der Waals surface area (Å²) in [6.07, 6.45) is 2.85. The fraction of sp³-hybridized carbons (Fsp3) is 0.556. The van der Waals surface area contributed by atoms with Crippen molar-refractivity contribution in [3.63, 3.8) is 0 Å². The van der Waals surface area contributed by atoms with Gasteiger partial charge in [-0.2, -0.15) is 0 Å². The molecule has 1 aliphatic carbocycles. The maximum absolute atomic E-state index is 11.8. The van der Waals surface area contributed by atoms with Crippen LogP contribution in [0.4, 0.5) is 0 Å². The highest BCUT2D eigenvalue weighted by molar-refractivity contribution is 5.93. The molecule has 2 fully saturated rings. The molecule has 2 aliphatic rings. The van der Waals surface area contributed by atoms with Crippen LogP contribution in [0.3, 0.4) is 0 Å². The molecule has 1 N–H and O–H groups in total. The summed E-state index contributed by atoms with van der Waals surface area (Å²) in [5.74, 6) is -0.150. The molecule has 0 aromatic heterocycles. The first-order chi connectivity index (χ1) is 11.0. The van der Waals surface area contributed by atoms with Gasteiger partial charge in [-0.05, 0) is 30.7 Å². The molecule has 124 valence electrons. The minimum atomic E-state index is -1.07. The molecule has 1 atom stereocenters. The number of rotatable bonds is 6. The van der Waals surface area contributed by atoms with E-state index in [1.165, 1.54) is 18.4 Å². The molecule has 1 unspecified atom stereocenters. The Balaban J connectivity index is 1.54. The standard InChI is InChI=1S/C18H23NO4/c1-18(7-8-18)14-4-2-3-5-15(14)23-12-13-6-9-19(11-13)16(20)10-17(21)22/h2-5,13H,6-12H2,1H3,(H,21,22). The molecule has 1 aromatic rings. The topological polar surface area (TPSA) is 66.8 Å². The van der Waals surface area contributed by atoms with E-state index in [2.05, 4.69) is 13.0 Å². The summed E-state index contributed by atoms with van der Waals surface area (Å²) in [5.41, 5.74) is 1.53. The number of likely N-dealkylation sites (tertiary alicyclic amines) is 1. The summed E-state index contributed by atoms with van der Waals surface area (Å²) in [6, 6.07) is 8.19. The van der Waals surface area contributed by atoms with Crippen LogP contribution in [0.25, 0.3) is 0 Å². The number of carboxylic acids is 1. The van der Waals surface area contributed by atoms with Gasteiger partial charge in [0.2, 0.25) is 5.91 Å². The summed E-state index contributed by atoms with van der Waals surface area (Å²) in [6.45, 7) is 4.05. The molecule has 0 radical (unpaired) electrons. The van der Waals surface area contributed by atoms with Gasteiger partial charge in [0.05, 0.1) is 6.61 Å². The molecule has 1 saturated carbocycles. The van der Waals surface area contributed by atoms with Gasteiger partial charge in [0.1, 0.15) is 12.2 Å². The zero-order valence-electron chi connectivity index (χ0n) is 13.5. The summed E-state index contributed by atoms with van der Waals surface area (Å²) in [4.78, 5) is 24.0. The number of aliphatic carboxylic acids is 1. The van der Waals surface area contributed by atoms with Crippen molar-refractivity contribution < 1.29 is 19.4 Å². The van der Waals surface area contributed by atoms with E-state index in [0.29, 0.717) is 19.7 Å². The van der Waals surface area contributed by atoms with Crippen molar-refractivity contribution >= 4 is 11.9 Å². The minimum Gasteiger partial charge on any atom is -0.493 e. The number of carbonyl (C=O) groups excluding carboxylic acids is 1. The lowest BCUT2D eigenvalue weighted by Crippen LogP contribution is -2.31. The Bertz CT molecular complexity index is 609. The second kappa shape index (κ2) is 6.22. The van der Waals surface area contributed by atoms with E-state index in [-0.39, 0.29) is 17.2 Å². The smallest absolute Gasteiger partial charge is 0.312 e. The van der Waals surface area contributed by atoms with E-state index in [1.807, 2.05) is 18.2 Å². The number of hydrogen-bond donors (Lipinski definition) is 1. The van der Waals surface area contributed by atoms with Crippen LogP contribution in [0.2, 0.25) is 0 Å². The van der Waals surface area contributed by atoms with Crippen LogP contribution in [0, 0.1) is 5.92 Å². The number of ether oxygens (including phenoxy) is 1. The molecule has 1 amide bonds. The Morgan fingerprint density at radius 1 is 1.35 bits per heavy atom. The van der Waals surface area contributed by atoms with Crippen LogP contribution < -0.4 is 4.74 Å². The van der Waals surface area contributed by atoms with Crippen LogP contribution in [-0.2, 0) is 15.0 Å². The third-order valence-electron chi connectivity index (χ3n) is 4.95. The Kier molecular flexibility index (Phi) is 4.28. The predicted octanol–water partition coefficient (Wildman–Crippen LogP) is 2.44. The monoisotopic (exact) mass is 317 g/mol. The molecule has 3 rings (SSSR count). The first-order valence-electron chi connectivity index (χ1n) is 8.20. The molecule has 1 aromatic carbocycles. The largest absolute Gasteiger partial charge is 0.493 e. The van der Waals surface area contributed by atoms with E-state index >= 15 is 0 Å². The number of hydrogen-bond acceptors (Lipinski definition) is 3. The Morgan fingerprint density at radius 2 is 2.09 bits per heavy atom. The molecule has 23 heavy (non-hydrogen) atoms. The fourth-order valence-corrected chi connectivity index (χ4v) is 3.19. The van der Waals surface area contributed by atoms with E-state index in [9.17, 15) is 9.59 Å². The zero-order valence-corrected chi connectivity index (χ0v) is 13.5. The second-order valence-corrected chi connectivity index (χ2v) is 6.93. The first kappa shape index (κ1) is 15.8. The summed E-state index contributed by atoms with van der Waals surface area (Å²) in [5, 5.41) is 8.70. The van der Waals surface area contributed by atoms with Gasteiger partial charge in [-0.25, -0.2) is 0 Å². The van der Waals surface area contributed by atoms with Gasteiger partial charge < -0.3 is 14.7 Å². The fourth-order valence-electron chi connectivity index (χ4n) is 3.19. The normalized spacial score (nSPS) is 22.0. The van der Waals surface area contributed by atoms with Gasteiger partial charge in [-0.3, -0.25) is 9.59 Å². The van der Waals surface area contributed by atoms with Crippen LogP contribution in [0.5, 0.6) is 5.75 Å². The first-order valence-corrected chi connectivity index (χ1v) is 8.20. The van der Waals surface area contributed by atoms with Crippen LogP contribution in [0.15, 0.2) is 24.3 Å². The Morgan fingerprint density at radius 3 is 2.78 bits per heavy atom. The molecule has 1 saturated heterocycles. The molecule has 5 nitrogen and oxygen atoms in total. The molecule has 0 spiro atoms. The van der Waals surface area contributed by atoms with E-state index in [1.54, 1.807) is 4.90 Å². The summed E-state index contributed by atoms with van der Waals surface area (Å²) >= 11 is 0. The van der Waals surface area contributed by atoms with Crippen molar-refractivity contribution in [2.45, 2.75) is 38.0 Å². The van der Waals surface area contributed by atoms with Crippen LogP contribution in [-0.4, -0.2) is 41.6 Å². The van der Waals surface area contributed by atoms with E-state index in [4.69, 9.17) is 9.84 Å². The predicted molar refractivity (Wildman–Crippen MR) is 85.5 cm³/mol. The molecule has 1 aliphatic heterocycles. The van der Waals surface area contributed by atoms with Gasteiger partial charge in [-0.1, -0.05) is 25.1 Å². The van der Waals surface area contributed by atoms with Gasteiger partial charge in [0.15, 0.2) is 0 Å². The highest BCUT2D eigenvalue weighted by Gasteiger charge is 2.41. The Labute approximate surface area is 136 Å². The molecule has 5 heteroatoms.